The summed E-state index contributed by atoms with van der Waals surface area (Å²) in [5, 5.41) is 16.3. The SMILES string of the molecule is Nc1ccc(F)c(-c2ccc(Cl)c(C(=O)Nc3cc(C(=O)CCCO)nn3-c3ccccc3)c2)n1. The van der Waals surface area contributed by atoms with Gasteiger partial charge in [-0.05, 0) is 42.8 Å². The van der Waals surface area contributed by atoms with Gasteiger partial charge in [0.15, 0.2) is 5.78 Å². The summed E-state index contributed by atoms with van der Waals surface area (Å²) in [6.07, 6.45) is 0.415. The third-order valence-corrected chi connectivity index (χ3v) is 5.48. The van der Waals surface area contributed by atoms with E-state index in [1.54, 1.807) is 24.3 Å². The van der Waals surface area contributed by atoms with Crippen molar-refractivity contribution in [3.63, 3.8) is 0 Å². The molecule has 0 spiro atoms. The molecular weight excluding hydrogens is 473 g/mol. The Balaban J connectivity index is 1.70. The van der Waals surface area contributed by atoms with Crippen molar-refractivity contribution in [3.05, 3.63) is 88.8 Å². The van der Waals surface area contributed by atoms with E-state index in [1.807, 2.05) is 6.07 Å². The molecule has 35 heavy (non-hydrogen) atoms. The highest BCUT2D eigenvalue weighted by Gasteiger charge is 2.20. The smallest absolute Gasteiger partial charge is 0.258 e. The molecule has 8 nitrogen and oxygen atoms in total. The molecule has 10 heteroatoms. The Hall–Kier alpha value is -4.08. The van der Waals surface area contributed by atoms with Crippen LogP contribution in [0.15, 0.2) is 66.7 Å². The van der Waals surface area contributed by atoms with Crippen LogP contribution in [0.4, 0.5) is 16.0 Å². The lowest BCUT2D eigenvalue weighted by Gasteiger charge is -2.11. The van der Waals surface area contributed by atoms with Crippen molar-refractivity contribution in [2.45, 2.75) is 12.8 Å². The van der Waals surface area contributed by atoms with Gasteiger partial charge in [-0.15, -0.1) is 0 Å². The summed E-state index contributed by atoms with van der Waals surface area (Å²) < 4.78 is 15.8. The van der Waals surface area contributed by atoms with E-state index >= 15 is 0 Å². The number of carbonyl (C=O) groups is 2. The van der Waals surface area contributed by atoms with Crippen LogP contribution >= 0.6 is 11.6 Å². The first kappa shape index (κ1) is 24.1. The molecule has 0 aliphatic rings. The number of pyridine rings is 1. The number of nitrogens with zero attached hydrogens (tertiary/aromatic N) is 3. The maximum absolute atomic E-state index is 14.3. The van der Waals surface area contributed by atoms with Crippen LogP contribution in [0.25, 0.3) is 16.9 Å². The maximum Gasteiger partial charge on any atom is 0.258 e. The molecule has 0 fully saturated rings. The second-order valence-electron chi connectivity index (χ2n) is 7.63. The van der Waals surface area contributed by atoms with E-state index in [4.69, 9.17) is 22.4 Å². The van der Waals surface area contributed by atoms with E-state index in [2.05, 4.69) is 15.4 Å². The molecule has 0 aliphatic carbocycles. The van der Waals surface area contributed by atoms with Gasteiger partial charge in [0.2, 0.25) is 0 Å². The molecular formula is C25H21ClFN5O3. The molecule has 0 atom stereocenters. The van der Waals surface area contributed by atoms with Gasteiger partial charge in [0.1, 0.15) is 28.8 Å². The first-order valence-electron chi connectivity index (χ1n) is 10.7. The van der Waals surface area contributed by atoms with E-state index in [-0.39, 0.29) is 52.4 Å². The fraction of sp³-hybridized carbons (Fsp3) is 0.120. The molecule has 0 radical (unpaired) electrons. The molecule has 0 unspecified atom stereocenters. The van der Waals surface area contributed by atoms with Crippen molar-refractivity contribution >= 4 is 34.9 Å². The molecule has 4 aromatic rings. The van der Waals surface area contributed by atoms with Crippen LogP contribution in [0.1, 0.15) is 33.7 Å². The van der Waals surface area contributed by atoms with E-state index < -0.39 is 11.7 Å². The largest absolute Gasteiger partial charge is 0.396 e. The molecule has 178 valence electrons. The minimum atomic E-state index is -0.596. The lowest BCUT2D eigenvalue weighted by Crippen LogP contribution is -2.16. The van der Waals surface area contributed by atoms with E-state index in [9.17, 15) is 14.0 Å². The van der Waals surface area contributed by atoms with Crippen molar-refractivity contribution in [2.24, 2.45) is 0 Å². The molecule has 0 bridgehead atoms. The van der Waals surface area contributed by atoms with Crippen molar-refractivity contribution < 1.29 is 19.1 Å². The number of ketones is 1. The Morgan fingerprint density at radius 2 is 1.86 bits per heavy atom. The number of benzene rings is 2. The Labute approximate surface area is 205 Å². The van der Waals surface area contributed by atoms with Crippen LogP contribution in [0.3, 0.4) is 0 Å². The van der Waals surface area contributed by atoms with Gasteiger partial charge in [-0.1, -0.05) is 35.9 Å². The molecule has 0 aliphatic heterocycles. The van der Waals surface area contributed by atoms with Gasteiger partial charge in [0.05, 0.1) is 16.3 Å². The Morgan fingerprint density at radius 3 is 2.60 bits per heavy atom. The number of carbonyl (C=O) groups excluding carboxylic acids is 2. The van der Waals surface area contributed by atoms with E-state index in [0.29, 0.717) is 17.7 Å². The number of aliphatic hydroxyl groups excluding tert-OH is 1. The number of rotatable bonds is 8. The molecule has 2 aromatic carbocycles. The average Bonchev–Trinajstić information content (AvgIpc) is 3.28. The number of nitrogen functional groups attached to an aromatic ring is 1. The predicted octanol–water partition coefficient (Wildman–Crippen LogP) is 4.52. The summed E-state index contributed by atoms with van der Waals surface area (Å²) in [7, 11) is 0. The second-order valence-corrected chi connectivity index (χ2v) is 8.04. The molecule has 0 saturated carbocycles. The highest BCUT2D eigenvalue weighted by atomic mass is 35.5. The number of halogens is 2. The quantitative estimate of drug-likeness (QED) is 0.310. The second kappa shape index (κ2) is 10.5. The monoisotopic (exact) mass is 493 g/mol. The average molecular weight is 494 g/mol. The number of nitrogens with one attached hydrogen (secondary N) is 1. The zero-order valence-electron chi connectivity index (χ0n) is 18.4. The third kappa shape index (κ3) is 5.37. The third-order valence-electron chi connectivity index (χ3n) is 5.15. The number of nitrogens with two attached hydrogens (primary N) is 1. The zero-order valence-corrected chi connectivity index (χ0v) is 19.2. The van der Waals surface area contributed by atoms with Crippen LogP contribution < -0.4 is 11.1 Å². The molecule has 2 heterocycles. The number of anilines is 2. The number of aromatic nitrogens is 3. The zero-order chi connectivity index (χ0) is 24.9. The van der Waals surface area contributed by atoms with Crippen LogP contribution in [-0.2, 0) is 0 Å². The van der Waals surface area contributed by atoms with Crippen molar-refractivity contribution in [2.75, 3.05) is 17.7 Å². The van der Waals surface area contributed by atoms with Crippen molar-refractivity contribution in [1.82, 2.24) is 14.8 Å². The fourth-order valence-corrected chi connectivity index (χ4v) is 3.63. The minimum absolute atomic E-state index is 0.0122. The van der Waals surface area contributed by atoms with Crippen LogP contribution in [-0.4, -0.2) is 38.2 Å². The van der Waals surface area contributed by atoms with Gasteiger partial charge in [-0.3, -0.25) is 9.59 Å². The number of hydrogen-bond acceptors (Lipinski definition) is 6. The topological polar surface area (TPSA) is 123 Å². The highest BCUT2D eigenvalue weighted by Crippen LogP contribution is 2.28. The molecule has 4 N–H and O–H groups in total. The number of Topliss-reactive ketones (excluding diaryl/α,β-unsaturated/α-hetero) is 1. The van der Waals surface area contributed by atoms with Crippen LogP contribution in [0, 0.1) is 5.82 Å². The lowest BCUT2D eigenvalue weighted by molar-refractivity contribution is 0.0965. The maximum atomic E-state index is 14.3. The van der Waals surface area contributed by atoms with Crippen LogP contribution in [0.5, 0.6) is 0 Å². The summed E-state index contributed by atoms with van der Waals surface area (Å²) in [6, 6.07) is 17.4. The summed E-state index contributed by atoms with van der Waals surface area (Å²) >= 11 is 6.29. The number of amides is 1. The van der Waals surface area contributed by atoms with Gasteiger partial charge in [0.25, 0.3) is 5.91 Å². The minimum Gasteiger partial charge on any atom is -0.396 e. The molecule has 0 saturated heterocycles. The predicted molar refractivity (Wildman–Crippen MR) is 131 cm³/mol. The van der Waals surface area contributed by atoms with Crippen LogP contribution in [0.2, 0.25) is 5.02 Å². The summed E-state index contributed by atoms with van der Waals surface area (Å²) in [5.41, 5.74) is 6.83. The van der Waals surface area contributed by atoms with Gasteiger partial charge in [-0.2, -0.15) is 5.10 Å². The lowest BCUT2D eigenvalue weighted by atomic mass is 10.1. The first-order chi connectivity index (χ1) is 16.9. The van der Waals surface area contributed by atoms with Gasteiger partial charge in [0, 0.05) is 24.7 Å². The molecule has 2 aromatic heterocycles. The van der Waals surface area contributed by atoms with E-state index in [1.165, 1.54) is 41.1 Å². The molecule has 1 amide bonds. The Kier molecular flexibility index (Phi) is 7.19. The standard InChI is InChI=1S/C25H21ClFN5O3/c26-18-9-8-15(24-19(27)10-11-22(28)29-24)13-17(18)25(35)30-23-14-20(21(34)7-4-12-33)31-32(23)16-5-2-1-3-6-16/h1-3,5-6,8-11,13-14,33H,4,7,12H2,(H2,28,29)(H,30,35). The summed E-state index contributed by atoms with van der Waals surface area (Å²) in [5.74, 6) is -1.09. The van der Waals surface area contributed by atoms with Gasteiger partial charge < -0.3 is 16.2 Å². The Bertz CT molecular complexity index is 1390. The van der Waals surface area contributed by atoms with Crippen molar-refractivity contribution in [3.8, 4) is 16.9 Å². The Morgan fingerprint density at radius 1 is 1.09 bits per heavy atom. The fourth-order valence-electron chi connectivity index (χ4n) is 3.43. The van der Waals surface area contributed by atoms with Crippen molar-refractivity contribution in [1.29, 1.82) is 0 Å². The van der Waals surface area contributed by atoms with Gasteiger partial charge in [-0.25, -0.2) is 14.1 Å². The van der Waals surface area contributed by atoms with Gasteiger partial charge >= 0.3 is 0 Å². The van der Waals surface area contributed by atoms with E-state index in [0.717, 1.165) is 0 Å². The number of aliphatic hydroxyl groups is 1. The number of para-hydroxylation sites is 1. The summed E-state index contributed by atoms with van der Waals surface area (Å²) in [6.45, 7) is -0.119. The summed E-state index contributed by atoms with van der Waals surface area (Å²) in [4.78, 5) is 29.7. The normalized spacial score (nSPS) is 10.8. The number of hydrogen-bond donors (Lipinski definition) is 3. The highest BCUT2D eigenvalue weighted by molar-refractivity contribution is 6.34. The first-order valence-corrected chi connectivity index (χ1v) is 11.1. The molecule has 4 rings (SSSR count).